The summed E-state index contributed by atoms with van der Waals surface area (Å²) in [4.78, 5) is 25.3. The van der Waals surface area contributed by atoms with Crippen molar-refractivity contribution in [2.24, 2.45) is 0 Å². The Balaban J connectivity index is 2.04. The van der Waals surface area contributed by atoms with Crippen molar-refractivity contribution in [2.75, 3.05) is 6.61 Å². The van der Waals surface area contributed by atoms with Crippen LogP contribution < -0.4 is 11.2 Å². The molecule has 3 atom stereocenters. The first-order valence-electron chi connectivity index (χ1n) is 7.76. The third-order valence-corrected chi connectivity index (χ3v) is 10.5. The summed E-state index contributed by atoms with van der Waals surface area (Å²) in [7, 11) is -1.82. The maximum atomic E-state index is 11.9. The van der Waals surface area contributed by atoms with Crippen LogP contribution in [0.3, 0.4) is 0 Å². The number of nitrogens with one attached hydrogen (secondary N) is 1. The smallest absolute Gasteiger partial charge is 0.330 e. The standard InChI is InChI=1S/C15H25IN2O4Si/c1-15(2,3)23(4,5)21-9-11-10(16)8-13(22-11)18-7-6-12(19)17-14(18)20/h6-7,10-11,13H,8-9H2,1-5H3,(H,17,19,20)/t10-,11-,13-/m1/s1. The van der Waals surface area contributed by atoms with Crippen LogP contribution in [-0.2, 0) is 9.16 Å². The van der Waals surface area contributed by atoms with E-state index in [0.29, 0.717) is 6.61 Å². The van der Waals surface area contributed by atoms with Gasteiger partial charge in [0.05, 0.1) is 12.7 Å². The zero-order valence-electron chi connectivity index (χ0n) is 14.3. The molecular formula is C15H25IN2O4Si. The molecule has 1 aromatic rings. The molecule has 1 fully saturated rings. The van der Waals surface area contributed by atoms with E-state index in [0.717, 1.165) is 6.42 Å². The van der Waals surface area contributed by atoms with Crippen LogP contribution in [0.4, 0.5) is 0 Å². The van der Waals surface area contributed by atoms with Crippen LogP contribution in [0.1, 0.15) is 33.4 Å². The Morgan fingerprint density at radius 1 is 1.43 bits per heavy atom. The van der Waals surface area contributed by atoms with E-state index < -0.39 is 19.6 Å². The van der Waals surface area contributed by atoms with Gasteiger partial charge >= 0.3 is 5.69 Å². The Labute approximate surface area is 150 Å². The van der Waals surface area contributed by atoms with Crippen molar-refractivity contribution in [3.63, 3.8) is 0 Å². The van der Waals surface area contributed by atoms with E-state index in [1.54, 1.807) is 0 Å². The lowest BCUT2D eigenvalue weighted by molar-refractivity contribution is -0.0207. The zero-order valence-corrected chi connectivity index (χ0v) is 17.4. The molecule has 0 aliphatic carbocycles. The molecule has 1 saturated heterocycles. The number of H-pyrrole nitrogens is 1. The van der Waals surface area contributed by atoms with E-state index in [9.17, 15) is 9.59 Å². The normalized spacial score (nSPS) is 25.7. The third kappa shape index (κ3) is 4.34. The molecule has 0 spiro atoms. The summed E-state index contributed by atoms with van der Waals surface area (Å²) in [5.41, 5.74) is -0.829. The fourth-order valence-corrected chi connectivity index (χ4v) is 4.00. The SMILES string of the molecule is CC(C)(C)[Si](C)(C)OC[C@H]1O[C@@H](n2ccc(=O)[nH]c2=O)C[C@H]1I. The van der Waals surface area contributed by atoms with Gasteiger partial charge in [-0.3, -0.25) is 14.3 Å². The Morgan fingerprint density at radius 3 is 2.65 bits per heavy atom. The maximum Gasteiger partial charge on any atom is 0.330 e. The summed E-state index contributed by atoms with van der Waals surface area (Å²) >= 11 is 2.35. The maximum absolute atomic E-state index is 11.9. The summed E-state index contributed by atoms with van der Waals surface area (Å²) in [5, 5.41) is 0.154. The number of nitrogens with zero attached hydrogens (tertiary/aromatic N) is 1. The van der Waals surface area contributed by atoms with Crippen LogP contribution in [0.15, 0.2) is 21.9 Å². The van der Waals surface area contributed by atoms with Crippen molar-refractivity contribution in [1.29, 1.82) is 0 Å². The summed E-state index contributed by atoms with van der Waals surface area (Å²) in [6.07, 6.45) is 1.81. The monoisotopic (exact) mass is 452 g/mol. The highest BCUT2D eigenvalue weighted by Crippen LogP contribution is 2.38. The molecular weight excluding hydrogens is 427 g/mol. The second-order valence-electron chi connectivity index (χ2n) is 7.47. The summed E-state index contributed by atoms with van der Waals surface area (Å²) in [6, 6.07) is 1.34. The topological polar surface area (TPSA) is 73.3 Å². The molecule has 1 aromatic heterocycles. The average molecular weight is 452 g/mol. The molecule has 0 unspecified atom stereocenters. The van der Waals surface area contributed by atoms with E-state index in [-0.39, 0.29) is 21.3 Å². The van der Waals surface area contributed by atoms with Crippen molar-refractivity contribution >= 4 is 30.9 Å². The number of alkyl halides is 1. The van der Waals surface area contributed by atoms with Gasteiger partial charge in [0.15, 0.2) is 8.32 Å². The largest absolute Gasteiger partial charge is 0.414 e. The number of rotatable bonds is 4. The Kier molecular flexibility index (Phi) is 5.59. The molecule has 1 aliphatic rings. The minimum absolute atomic E-state index is 0.0476. The van der Waals surface area contributed by atoms with E-state index in [4.69, 9.17) is 9.16 Å². The molecule has 0 amide bonds. The van der Waals surface area contributed by atoms with E-state index in [1.165, 1.54) is 16.8 Å². The minimum atomic E-state index is -1.82. The van der Waals surface area contributed by atoms with Crippen LogP contribution in [0, 0.1) is 0 Å². The van der Waals surface area contributed by atoms with Gasteiger partial charge in [-0.05, 0) is 18.1 Å². The predicted octanol–water partition coefficient (Wildman–Crippen LogP) is 2.65. The average Bonchev–Trinajstić information content (AvgIpc) is 2.76. The van der Waals surface area contributed by atoms with Crippen molar-refractivity contribution in [2.45, 2.75) is 61.6 Å². The van der Waals surface area contributed by atoms with Crippen molar-refractivity contribution in [3.8, 4) is 0 Å². The summed E-state index contributed by atoms with van der Waals surface area (Å²) < 4.78 is 14.0. The fraction of sp³-hybridized carbons (Fsp3) is 0.733. The second kappa shape index (κ2) is 6.81. The molecule has 0 radical (unpaired) electrons. The number of aromatic amines is 1. The van der Waals surface area contributed by atoms with Crippen molar-refractivity contribution in [1.82, 2.24) is 9.55 Å². The molecule has 0 saturated carbocycles. The minimum Gasteiger partial charge on any atom is -0.414 e. The first-order chi connectivity index (χ1) is 10.5. The van der Waals surface area contributed by atoms with Gasteiger partial charge in [0.2, 0.25) is 0 Å². The van der Waals surface area contributed by atoms with Crippen molar-refractivity contribution < 1.29 is 9.16 Å². The van der Waals surface area contributed by atoms with Gasteiger partial charge in [-0.15, -0.1) is 0 Å². The van der Waals surface area contributed by atoms with Crippen LogP contribution in [0.25, 0.3) is 0 Å². The number of hydrogen-bond donors (Lipinski definition) is 1. The Hall–Kier alpha value is -0.453. The summed E-state index contributed by atoms with van der Waals surface area (Å²) in [5.74, 6) is 0. The zero-order chi connectivity index (χ0) is 17.4. The predicted molar refractivity (Wildman–Crippen MR) is 101 cm³/mol. The van der Waals surface area contributed by atoms with Gasteiger partial charge < -0.3 is 9.16 Å². The number of ether oxygens (including phenoxy) is 1. The van der Waals surface area contributed by atoms with E-state index in [2.05, 4.69) is 61.4 Å². The molecule has 0 bridgehead atoms. The quantitative estimate of drug-likeness (QED) is 0.433. The number of halogens is 1. The molecule has 130 valence electrons. The van der Waals surface area contributed by atoms with Crippen LogP contribution >= 0.6 is 22.6 Å². The Bertz CT molecular complexity index is 664. The molecule has 6 nitrogen and oxygen atoms in total. The third-order valence-electron chi connectivity index (χ3n) is 4.74. The lowest BCUT2D eigenvalue weighted by Gasteiger charge is -2.37. The molecule has 2 rings (SSSR count). The highest BCUT2D eigenvalue weighted by molar-refractivity contribution is 14.1. The highest BCUT2D eigenvalue weighted by atomic mass is 127. The number of hydrogen-bond acceptors (Lipinski definition) is 4. The van der Waals surface area contributed by atoms with Gasteiger partial charge in [-0.2, -0.15) is 0 Å². The second-order valence-corrected chi connectivity index (χ2v) is 13.9. The van der Waals surface area contributed by atoms with Gasteiger partial charge in [-0.25, -0.2) is 4.79 Å². The first-order valence-corrected chi connectivity index (χ1v) is 11.9. The van der Waals surface area contributed by atoms with Crippen LogP contribution in [0.5, 0.6) is 0 Å². The molecule has 1 N–H and O–H groups in total. The van der Waals surface area contributed by atoms with Gasteiger partial charge in [-0.1, -0.05) is 43.4 Å². The number of aromatic nitrogens is 2. The van der Waals surface area contributed by atoms with Gasteiger partial charge in [0.1, 0.15) is 6.23 Å². The van der Waals surface area contributed by atoms with E-state index >= 15 is 0 Å². The van der Waals surface area contributed by atoms with E-state index in [1.807, 2.05) is 0 Å². The van der Waals surface area contributed by atoms with Crippen molar-refractivity contribution in [3.05, 3.63) is 33.1 Å². The lowest BCUT2D eigenvalue weighted by atomic mass is 10.2. The molecule has 1 aliphatic heterocycles. The lowest BCUT2D eigenvalue weighted by Crippen LogP contribution is -2.43. The van der Waals surface area contributed by atoms with Gasteiger partial charge in [0, 0.05) is 22.6 Å². The molecule has 0 aromatic carbocycles. The van der Waals surface area contributed by atoms with Crippen LogP contribution in [-0.4, -0.2) is 34.5 Å². The first kappa shape index (κ1) is 18.9. The van der Waals surface area contributed by atoms with Gasteiger partial charge in [0.25, 0.3) is 5.56 Å². The molecule has 23 heavy (non-hydrogen) atoms. The highest BCUT2D eigenvalue weighted by Gasteiger charge is 2.40. The fourth-order valence-electron chi connectivity index (χ4n) is 2.17. The van der Waals surface area contributed by atoms with Crippen LogP contribution in [0.2, 0.25) is 18.1 Å². The molecule has 8 heteroatoms. The molecule has 2 heterocycles. The summed E-state index contributed by atoms with van der Waals surface area (Å²) in [6.45, 7) is 11.6. The Morgan fingerprint density at radius 2 is 2.09 bits per heavy atom.